The molecule has 0 aliphatic carbocycles. The highest BCUT2D eigenvalue weighted by Gasteiger charge is 2.17. The smallest absolute Gasteiger partial charge is 0.305 e. The van der Waals surface area contributed by atoms with Crippen LogP contribution in [0.4, 0.5) is 0 Å². The minimum absolute atomic E-state index is 0.0592. The quantitative estimate of drug-likeness (QED) is 0.799. The highest BCUT2D eigenvalue weighted by Crippen LogP contribution is 2.21. The largest absolute Gasteiger partial charge is 0.481 e. The second kappa shape index (κ2) is 4.81. The molecule has 3 N–H and O–H groups in total. The molecule has 0 bridgehead atoms. The van der Waals surface area contributed by atoms with E-state index >= 15 is 0 Å². The summed E-state index contributed by atoms with van der Waals surface area (Å²) in [7, 11) is 2.06. The number of carbonyl (C=O) groups is 1. The van der Waals surface area contributed by atoms with Crippen LogP contribution in [-0.4, -0.2) is 34.6 Å². The third kappa shape index (κ3) is 2.81. The molecule has 1 atom stereocenters. The van der Waals surface area contributed by atoms with Crippen LogP contribution in [-0.2, 0) is 17.8 Å². The van der Waals surface area contributed by atoms with Gasteiger partial charge in [0.25, 0.3) is 0 Å². The van der Waals surface area contributed by atoms with Gasteiger partial charge < -0.3 is 15.7 Å². The third-order valence-corrected chi connectivity index (χ3v) is 3.07. The maximum absolute atomic E-state index is 10.6. The Labute approximate surface area is 100 Å². The van der Waals surface area contributed by atoms with Gasteiger partial charge in [-0.15, -0.1) is 0 Å². The molecular formula is C12H17N3O2. The summed E-state index contributed by atoms with van der Waals surface area (Å²) in [4.78, 5) is 17.2. The van der Waals surface area contributed by atoms with Gasteiger partial charge in [0.15, 0.2) is 0 Å². The number of hydrogen-bond acceptors (Lipinski definition) is 4. The molecule has 0 saturated carbocycles. The highest BCUT2D eigenvalue weighted by atomic mass is 16.4. The topological polar surface area (TPSA) is 79.5 Å². The van der Waals surface area contributed by atoms with E-state index in [1.54, 1.807) is 6.20 Å². The fourth-order valence-electron chi connectivity index (χ4n) is 2.09. The minimum Gasteiger partial charge on any atom is -0.481 e. The van der Waals surface area contributed by atoms with E-state index in [4.69, 9.17) is 10.8 Å². The zero-order chi connectivity index (χ0) is 12.4. The molecule has 0 fully saturated rings. The SMILES string of the molecule is CN1CCc2ncc(C(N)CC(=O)O)cc2C1. The van der Waals surface area contributed by atoms with Crippen molar-refractivity contribution in [2.75, 3.05) is 13.6 Å². The lowest BCUT2D eigenvalue weighted by Gasteiger charge is -2.25. The van der Waals surface area contributed by atoms with Gasteiger partial charge in [-0.1, -0.05) is 0 Å². The lowest BCUT2D eigenvalue weighted by atomic mass is 10.00. The standard InChI is InChI=1S/C12H17N3O2/c1-15-3-2-11-9(7-15)4-8(6-14-11)10(13)5-12(16)17/h4,6,10H,2-3,5,7,13H2,1H3,(H,16,17). The molecule has 1 aromatic heterocycles. The van der Waals surface area contributed by atoms with E-state index in [-0.39, 0.29) is 6.42 Å². The van der Waals surface area contributed by atoms with Crippen molar-refractivity contribution in [3.63, 3.8) is 0 Å². The number of likely N-dealkylation sites (N-methyl/N-ethyl adjacent to an activating group) is 1. The summed E-state index contributed by atoms with van der Waals surface area (Å²) in [6, 6.07) is 1.52. The molecule has 1 aliphatic rings. The van der Waals surface area contributed by atoms with E-state index in [0.29, 0.717) is 0 Å². The lowest BCUT2D eigenvalue weighted by molar-refractivity contribution is -0.137. The number of nitrogens with two attached hydrogens (primary N) is 1. The van der Waals surface area contributed by atoms with E-state index < -0.39 is 12.0 Å². The average Bonchev–Trinajstić information content (AvgIpc) is 2.27. The van der Waals surface area contributed by atoms with E-state index in [1.165, 1.54) is 0 Å². The fourth-order valence-corrected chi connectivity index (χ4v) is 2.09. The van der Waals surface area contributed by atoms with Gasteiger partial charge in [-0.25, -0.2) is 0 Å². The van der Waals surface area contributed by atoms with E-state index in [1.807, 2.05) is 6.07 Å². The number of carboxylic acids is 1. The van der Waals surface area contributed by atoms with Gasteiger partial charge >= 0.3 is 5.97 Å². The van der Waals surface area contributed by atoms with Gasteiger partial charge in [-0.05, 0) is 24.2 Å². The van der Waals surface area contributed by atoms with E-state index in [0.717, 1.165) is 36.3 Å². The Morgan fingerprint density at radius 2 is 2.47 bits per heavy atom. The molecule has 17 heavy (non-hydrogen) atoms. The zero-order valence-corrected chi connectivity index (χ0v) is 9.89. The molecule has 1 aliphatic heterocycles. The van der Waals surface area contributed by atoms with Crippen LogP contribution in [0.25, 0.3) is 0 Å². The van der Waals surface area contributed by atoms with Crippen LogP contribution in [0.2, 0.25) is 0 Å². The molecule has 0 spiro atoms. The molecule has 0 amide bonds. The highest BCUT2D eigenvalue weighted by molar-refractivity contribution is 5.67. The molecule has 2 rings (SSSR count). The summed E-state index contributed by atoms with van der Waals surface area (Å²) in [5.74, 6) is -0.882. The molecular weight excluding hydrogens is 218 g/mol. The lowest BCUT2D eigenvalue weighted by Crippen LogP contribution is -2.28. The molecule has 5 heteroatoms. The molecule has 92 valence electrons. The van der Waals surface area contributed by atoms with Crippen LogP contribution in [0, 0.1) is 0 Å². The maximum atomic E-state index is 10.6. The molecule has 2 heterocycles. The first-order valence-corrected chi connectivity index (χ1v) is 5.70. The van der Waals surface area contributed by atoms with Crippen LogP contribution < -0.4 is 5.73 Å². The van der Waals surface area contributed by atoms with Gasteiger partial charge in [0, 0.05) is 37.4 Å². The van der Waals surface area contributed by atoms with Gasteiger partial charge in [-0.2, -0.15) is 0 Å². The third-order valence-electron chi connectivity index (χ3n) is 3.07. The van der Waals surface area contributed by atoms with Crippen molar-refractivity contribution in [2.45, 2.75) is 25.4 Å². The normalized spacial score (nSPS) is 17.5. The van der Waals surface area contributed by atoms with Gasteiger partial charge in [0.05, 0.1) is 6.42 Å². The van der Waals surface area contributed by atoms with E-state index in [2.05, 4.69) is 16.9 Å². The zero-order valence-electron chi connectivity index (χ0n) is 9.89. The van der Waals surface area contributed by atoms with Crippen LogP contribution in [0.15, 0.2) is 12.3 Å². The average molecular weight is 235 g/mol. The summed E-state index contributed by atoms with van der Waals surface area (Å²) < 4.78 is 0. The van der Waals surface area contributed by atoms with E-state index in [9.17, 15) is 4.79 Å². The number of carboxylic acid groups (broad SMARTS) is 1. The van der Waals surface area contributed by atoms with Gasteiger partial charge in [0.2, 0.25) is 0 Å². The number of aliphatic carboxylic acids is 1. The van der Waals surface area contributed by atoms with Gasteiger partial charge in [0.1, 0.15) is 0 Å². The Hall–Kier alpha value is -1.46. The fraction of sp³-hybridized carbons (Fsp3) is 0.500. The number of aromatic nitrogens is 1. The summed E-state index contributed by atoms with van der Waals surface area (Å²) in [6.45, 7) is 1.87. The number of rotatable bonds is 3. The summed E-state index contributed by atoms with van der Waals surface area (Å²) in [6.07, 6.45) is 2.59. The maximum Gasteiger partial charge on any atom is 0.305 e. The molecule has 0 aromatic carbocycles. The first-order chi connectivity index (χ1) is 8.06. The number of fused-ring (bicyclic) bond motifs is 1. The number of hydrogen-bond donors (Lipinski definition) is 2. The van der Waals surface area contributed by atoms with Crippen LogP contribution in [0.1, 0.15) is 29.3 Å². The van der Waals surface area contributed by atoms with Crippen molar-refractivity contribution in [3.8, 4) is 0 Å². The first-order valence-electron chi connectivity index (χ1n) is 5.70. The first kappa shape index (κ1) is 12.0. The van der Waals surface area contributed by atoms with Crippen molar-refractivity contribution in [3.05, 3.63) is 29.1 Å². The summed E-state index contributed by atoms with van der Waals surface area (Å²) >= 11 is 0. The molecule has 5 nitrogen and oxygen atoms in total. The van der Waals surface area contributed by atoms with Crippen LogP contribution >= 0.6 is 0 Å². The Morgan fingerprint density at radius 3 is 3.18 bits per heavy atom. The molecule has 0 saturated heterocycles. The minimum atomic E-state index is -0.882. The predicted molar refractivity (Wildman–Crippen MR) is 63.5 cm³/mol. The number of nitrogens with zero attached hydrogens (tertiary/aromatic N) is 2. The monoisotopic (exact) mass is 235 g/mol. The molecule has 1 unspecified atom stereocenters. The second-order valence-corrected chi connectivity index (χ2v) is 4.57. The van der Waals surface area contributed by atoms with Crippen molar-refractivity contribution in [1.82, 2.24) is 9.88 Å². The van der Waals surface area contributed by atoms with Crippen molar-refractivity contribution >= 4 is 5.97 Å². The molecule has 1 aromatic rings. The van der Waals surface area contributed by atoms with Crippen LogP contribution in [0.3, 0.4) is 0 Å². The predicted octanol–water partition coefficient (Wildman–Crippen LogP) is 0.544. The Kier molecular flexibility index (Phi) is 3.40. The summed E-state index contributed by atoms with van der Waals surface area (Å²) in [5.41, 5.74) is 8.91. The second-order valence-electron chi connectivity index (χ2n) is 4.57. The Bertz CT molecular complexity index is 434. The van der Waals surface area contributed by atoms with Crippen molar-refractivity contribution < 1.29 is 9.90 Å². The molecule has 0 radical (unpaired) electrons. The van der Waals surface area contributed by atoms with Crippen molar-refractivity contribution in [2.24, 2.45) is 5.73 Å². The van der Waals surface area contributed by atoms with Gasteiger partial charge in [-0.3, -0.25) is 9.78 Å². The number of pyridine rings is 1. The summed E-state index contributed by atoms with van der Waals surface area (Å²) in [5, 5.41) is 8.72. The Balaban J connectivity index is 2.20. The van der Waals surface area contributed by atoms with Crippen LogP contribution in [0.5, 0.6) is 0 Å². The van der Waals surface area contributed by atoms with Crippen molar-refractivity contribution in [1.29, 1.82) is 0 Å². The Morgan fingerprint density at radius 1 is 1.71 bits per heavy atom.